The van der Waals surface area contributed by atoms with Crippen LogP contribution in [0, 0.1) is 22.7 Å². The molecule has 0 radical (unpaired) electrons. The van der Waals surface area contributed by atoms with Gasteiger partial charge in [-0.2, -0.15) is 5.26 Å². The number of hydrogen-bond donors (Lipinski definition) is 1. The zero-order valence-electron chi connectivity index (χ0n) is 19.9. The maximum Gasteiger partial charge on any atom is 0.166 e. The Bertz CT molecular complexity index is 1080. The van der Waals surface area contributed by atoms with E-state index in [9.17, 15) is 10.1 Å². The molecule has 3 fully saturated rings. The molecule has 3 heterocycles. The molecule has 3 aliphatic rings. The van der Waals surface area contributed by atoms with Crippen molar-refractivity contribution in [3.63, 3.8) is 0 Å². The smallest absolute Gasteiger partial charge is 0.166 e. The van der Waals surface area contributed by atoms with Crippen LogP contribution >= 0.6 is 11.6 Å². The highest BCUT2D eigenvalue weighted by Crippen LogP contribution is 2.46. The van der Waals surface area contributed by atoms with E-state index in [0.29, 0.717) is 27.8 Å². The second-order valence-electron chi connectivity index (χ2n) is 10.4. The summed E-state index contributed by atoms with van der Waals surface area (Å²) in [6, 6.07) is 16.7. The maximum absolute atomic E-state index is 12.8. The lowest BCUT2D eigenvalue weighted by atomic mass is 9.76. The molecule has 6 heteroatoms. The number of anilines is 2. The molecule has 0 amide bonds. The number of benzene rings is 2. The first-order valence-electron chi connectivity index (χ1n) is 12.5. The summed E-state index contributed by atoms with van der Waals surface area (Å²) in [6.07, 6.45) is 5.39. The number of ketones is 1. The van der Waals surface area contributed by atoms with Crippen LogP contribution in [0.1, 0.15) is 54.9 Å². The second-order valence-corrected chi connectivity index (χ2v) is 10.8. The first-order chi connectivity index (χ1) is 16.5. The van der Waals surface area contributed by atoms with Crippen LogP contribution in [0.15, 0.2) is 42.5 Å². The highest BCUT2D eigenvalue weighted by Gasteiger charge is 2.44. The topological polar surface area (TPSA) is 59.4 Å². The van der Waals surface area contributed by atoms with Crippen molar-refractivity contribution in [2.45, 2.75) is 45.1 Å². The van der Waals surface area contributed by atoms with Crippen LogP contribution in [0.4, 0.5) is 11.4 Å². The van der Waals surface area contributed by atoms with E-state index in [0.717, 1.165) is 69.7 Å². The summed E-state index contributed by atoms with van der Waals surface area (Å²) in [4.78, 5) is 17.8. The Balaban J connectivity index is 1.21. The number of halogens is 1. The summed E-state index contributed by atoms with van der Waals surface area (Å²) in [5.74, 6) is 0.467. The van der Waals surface area contributed by atoms with E-state index in [1.54, 1.807) is 0 Å². The fourth-order valence-corrected chi connectivity index (χ4v) is 6.41. The van der Waals surface area contributed by atoms with Crippen molar-refractivity contribution in [1.82, 2.24) is 5.32 Å². The van der Waals surface area contributed by atoms with Crippen molar-refractivity contribution in [3.8, 4) is 6.07 Å². The summed E-state index contributed by atoms with van der Waals surface area (Å²) < 4.78 is 0. The van der Waals surface area contributed by atoms with Crippen LogP contribution in [-0.4, -0.2) is 44.5 Å². The molecule has 0 saturated carbocycles. The first-order valence-corrected chi connectivity index (χ1v) is 12.9. The van der Waals surface area contributed by atoms with Gasteiger partial charge in [-0.05, 0) is 100.0 Å². The van der Waals surface area contributed by atoms with Crippen molar-refractivity contribution in [2.75, 3.05) is 42.5 Å². The van der Waals surface area contributed by atoms with Gasteiger partial charge in [-0.25, -0.2) is 0 Å². The van der Waals surface area contributed by atoms with Crippen molar-refractivity contribution >= 4 is 28.8 Å². The molecule has 5 rings (SSSR count). The average Bonchev–Trinajstić information content (AvgIpc) is 3.20. The highest BCUT2D eigenvalue weighted by atomic mass is 35.5. The Kier molecular flexibility index (Phi) is 6.55. The van der Waals surface area contributed by atoms with Crippen LogP contribution < -0.4 is 15.1 Å². The molecular formula is C28H33ClN4O. The largest absolute Gasteiger partial charge is 0.371 e. The normalized spacial score (nSPS) is 22.7. The third kappa shape index (κ3) is 4.54. The number of nitrogens with zero attached hydrogens (tertiary/aromatic N) is 3. The second kappa shape index (κ2) is 9.60. The predicted molar refractivity (Wildman–Crippen MR) is 138 cm³/mol. The third-order valence-corrected chi connectivity index (χ3v) is 8.53. The molecule has 34 heavy (non-hydrogen) atoms. The Hall–Kier alpha value is -2.55. The molecule has 1 atom stereocenters. The number of carbonyl (C=O) groups is 1. The van der Waals surface area contributed by atoms with Gasteiger partial charge in [0.05, 0.1) is 10.6 Å². The number of Topliss-reactive ketones (excluding diaryl/α,β-unsaturated/α-hetero) is 1. The van der Waals surface area contributed by atoms with E-state index in [1.807, 2.05) is 30.3 Å². The van der Waals surface area contributed by atoms with Crippen LogP contribution in [0.3, 0.4) is 0 Å². The van der Waals surface area contributed by atoms with Gasteiger partial charge in [-0.3, -0.25) is 4.79 Å². The minimum atomic E-state index is 0.167. The lowest BCUT2D eigenvalue weighted by molar-refractivity contribution is 0.0895. The molecule has 0 bridgehead atoms. The Labute approximate surface area is 207 Å². The highest BCUT2D eigenvalue weighted by molar-refractivity contribution is 6.32. The van der Waals surface area contributed by atoms with Crippen molar-refractivity contribution in [3.05, 3.63) is 58.6 Å². The van der Waals surface area contributed by atoms with E-state index in [2.05, 4.69) is 40.2 Å². The maximum atomic E-state index is 12.8. The van der Waals surface area contributed by atoms with Crippen LogP contribution in [0.25, 0.3) is 0 Å². The molecule has 0 aromatic heterocycles. The molecule has 2 aromatic carbocycles. The van der Waals surface area contributed by atoms with E-state index in [4.69, 9.17) is 11.6 Å². The molecule has 0 unspecified atom stereocenters. The molecule has 3 aliphatic heterocycles. The Morgan fingerprint density at radius 3 is 2.41 bits per heavy atom. The predicted octanol–water partition coefficient (Wildman–Crippen LogP) is 5.28. The van der Waals surface area contributed by atoms with Gasteiger partial charge < -0.3 is 15.1 Å². The zero-order chi connectivity index (χ0) is 23.7. The Morgan fingerprint density at radius 2 is 1.76 bits per heavy atom. The van der Waals surface area contributed by atoms with Crippen molar-refractivity contribution in [2.24, 2.45) is 11.3 Å². The molecule has 2 aromatic rings. The average molecular weight is 477 g/mol. The first kappa shape index (κ1) is 23.2. The molecule has 1 N–H and O–H groups in total. The lowest BCUT2D eigenvalue weighted by Gasteiger charge is -2.40. The minimum absolute atomic E-state index is 0.167. The van der Waals surface area contributed by atoms with Crippen LogP contribution in [-0.2, 0) is 0 Å². The number of rotatable bonds is 4. The number of nitrogens with one attached hydrogen (secondary N) is 1. The van der Waals surface area contributed by atoms with E-state index in [1.165, 1.54) is 12.1 Å². The SMILES string of the molecule is C[C@H]1CC2(CCN(c3ccc(C(=O)C4CCNCC4)cc3)CC2)CN1c1ccc(C#N)c(Cl)c1. The van der Waals surface area contributed by atoms with E-state index >= 15 is 0 Å². The number of nitriles is 1. The van der Waals surface area contributed by atoms with E-state index < -0.39 is 0 Å². The van der Waals surface area contributed by atoms with Gasteiger partial charge in [0.2, 0.25) is 0 Å². The molecular weight excluding hydrogens is 444 g/mol. The van der Waals surface area contributed by atoms with Gasteiger partial charge in [0.25, 0.3) is 0 Å². The van der Waals surface area contributed by atoms with E-state index in [-0.39, 0.29) is 5.92 Å². The van der Waals surface area contributed by atoms with Gasteiger partial charge in [0, 0.05) is 48.5 Å². The standard InChI is InChI=1S/C28H33ClN4O/c1-20-17-28(19-33(20)25-7-4-23(18-30)26(29)16-25)10-14-32(15-11-28)24-5-2-21(3-6-24)27(34)22-8-12-31-13-9-22/h2-7,16,20,22,31H,8-15,17,19H2,1H3/t20-/m0/s1. The summed E-state index contributed by atoms with van der Waals surface area (Å²) >= 11 is 6.31. The molecule has 0 aliphatic carbocycles. The quantitative estimate of drug-likeness (QED) is 0.608. The number of piperidine rings is 2. The molecule has 1 spiro atoms. The van der Waals surface area contributed by atoms with Gasteiger partial charge in [-0.15, -0.1) is 0 Å². The summed E-state index contributed by atoms with van der Waals surface area (Å²) in [7, 11) is 0. The summed E-state index contributed by atoms with van der Waals surface area (Å²) in [5.41, 5.74) is 4.04. The molecule has 3 saturated heterocycles. The molecule has 178 valence electrons. The van der Waals surface area contributed by atoms with Crippen LogP contribution in [0.2, 0.25) is 5.02 Å². The van der Waals surface area contributed by atoms with Gasteiger partial charge >= 0.3 is 0 Å². The van der Waals surface area contributed by atoms with Crippen LogP contribution in [0.5, 0.6) is 0 Å². The fourth-order valence-electron chi connectivity index (χ4n) is 6.20. The molecule has 5 nitrogen and oxygen atoms in total. The lowest BCUT2D eigenvalue weighted by Crippen LogP contribution is -2.41. The number of carbonyl (C=O) groups excluding carboxylic acids is 1. The minimum Gasteiger partial charge on any atom is -0.371 e. The zero-order valence-corrected chi connectivity index (χ0v) is 20.7. The Morgan fingerprint density at radius 1 is 1.09 bits per heavy atom. The third-order valence-electron chi connectivity index (χ3n) is 8.22. The monoisotopic (exact) mass is 476 g/mol. The fraction of sp³-hybridized carbons (Fsp3) is 0.500. The van der Waals surface area contributed by atoms with Crippen molar-refractivity contribution < 1.29 is 4.79 Å². The number of hydrogen-bond acceptors (Lipinski definition) is 5. The summed E-state index contributed by atoms with van der Waals surface area (Å²) in [6.45, 7) is 7.29. The van der Waals surface area contributed by atoms with Gasteiger partial charge in [0.15, 0.2) is 5.78 Å². The van der Waals surface area contributed by atoms with Crippen molar-refractivity contribution in [1.29, 1.82) is 5.26 Å². The summed E-state index contributed by atoms with van der Waals surface area (Å²) in [5, 5.41) is 13.0. The van der Waals surface area contributed by atoms with Gasteiger partial charge in [0.1, 0.15) is 6.07 Å². The van der Waals surface area contributed by atoms with Gasteiger partial charge in [-0.1, -0.05) is 11.6 Å².